The third kappa shape index (κ3) is 2.66. The van der Waals surface area contributed by atoms with Crippen molar-refractivity contribution in [3.8, 4) is 0 Å². The average molecular weight is 236 g/mol. The van der Waals surface area contributed by atoms with Gasteiger partial charge in [0.2, 0.25) is 5.91 Å². The average Bonchev–Trinajstić information content (AvgIpc) is 3.00. The third-order valence-electron chi connectivity index (χ3n) is 3.60. The van der Waals surface area contributed by atoms with Gasteiger partial charge in [-0.1, -0.05) is 6.92 Å². The predicted molar refractivity (Wildman–Crippen MR) is 65.5 cm³/mol. The van der Waals surface area contributed by atoms with Crippen molar-refractivity contribution in [3.63, 3.8) is 0 Å². The molecule has 1 aromatic heterocycles. The van der Waals surface area contributed by atoms with E-state index in [9.17, 15) is 4.79 Å². The Bertz CT molecular complexity index is 355. The minimum absolute atomic E-state index is 0.177. The lowest BCUT2D eigenvalue weighted by Gasteiger charge is -2.25. The lowest BCUT2D eigenvalue weighted by molar-refractivity contribution is -0.130. The van der Waals surface area contributed by atoms with Gasteiger partial charge in [0, 0.05) is 31.9 Å². The molecule has 5 heteroatoms. The molecule has 1 fully saturated rings. The van der Waals surface area contributed by atoms with E-state index in [-0.39, 0.29) is 11.3 Å². The summed E-state index contributed by atoms with van der Waals surface area (Å²) in [7, 11) is 0. The second-order valence-electron chi connectivity index (χ2n) is 4.60. The number of amides is 1. The molecule has 1 atom stereocenters. The molecule has 1 aliphatic rings. The molecule has 3 N–H and O–H groups in total. The van der Waals surface area contributed by atoms with Crippen LogP contribution in [0.4, 0.5) is 0 Å². The molecule has 5 nitrogen and oxygen atoms in total. The number of hydrogen-bond acceptors (Lipinski definition) is 3. The molecule has 2 heterocycles. The molecule has 0 spiro atoms. The van der Waals surface area contributed by atoms with Crippen LogP contribution in [-0.4, -0.2) is 35.5 Å². The molecule has 94 valence electrons. The zero-order valence-corrected chi connectivity index (χ0v) is 10.3. The standard InChI is InChI=1S/C12H20N4O/c1-2-12(4-6-13-9-12)11(17)16-5-3-10-14-7-8-15-10/h7-8,13H,2-6,9H2,1H3,(H,14,15)(H,16,17). The Kier molecular flexibility index (Phi) is 3.78. The summed E-state index contributed by atoms with van der Waals surface area (Å²) in [4.78, 5) is 19.3. The first-order chi connectivity index (χ1) is 8.27. The van der Waals surface area contributed by atoms with E-state index in [1.807, 2.05) is 0 Å². The Morgan fingerprint density at radius 2 is 2.53 bits per heavy atom. The van der Waals surface area contributed by atoms with E-state index in [1.165, 1.54) is 0 Å². The van der Waals surface area contributed by atoms with Gasteiger partial charge in [-0.3, -0.25) is 4.79 Å². The number of imidazole rings is 1. The number of nitrogens with one attached hydrogen (secondary N) is 3. The van der Waals surface area contributed by atoms with E-state index in [2.05, 4.69) is 27.5 Å². The van der Waals surface area contributed by atoms with Crippen molar-refractivity contribution in [2.24, 2.45) is 5.41 Å². The summed E-state index contributed by atoms with van der Waals surface area (Å²) in [5.41, 5.74) is -0.191. The van der Waals surface area contributed by atoms with Crippen molar-refractivity contribution in [1.82, 2.24) is 20.6 Å². The smallest absolute Gasteiger partial charge is 0.227 e. The summed E-state index contributed by atoms with van der Waals surface area (Å²) in [5, 5.41) is 6.29. The first kappa shape index (κ1) is 12.1. The molecule has 0 bridgehead atoms. The maximum Gasteiger partial charge on any atom is 0.227 e. The number of carbonyl (C=O) groups is 1. The van der Waals surface area contributed by atoms with Crippen LogP contribution in [0.25, 0.3) is 0 Å². The van der Waals surface area contributed by atoms with Gasteiger partial charge in [-0.2, -0.15) is 0 Å². The Morgan fingerprint density at radius 3 is 3.12 bits per heavy atom. The number of aromatic amines is 1. The Labute approximate surface area is 101 Å². The van der Waals surface area contributed by atoms with Crippen molar-refractivity contribution in [2.45, 2.75) is 26.2 Å². The van der Waals surface area contributed by atoms with Gasteiger partial charge in [0.25, 0.3) is 0 Å². The Balaban J connectivity index is 1.80. The van der Waals surface area contributed by atoms with Gasteiger partial charge in [-0.15, -0.1) is 0 Å². The van der Waals surface area contributed by atoms with Crippen LogP contribution in [-0.2, 0) is 11.2 Å². The molecule has 1 aromatic rings. The zero-order chi connectivity index (χ0) is 12.1. The normalized spacial score (nSPS) is 23.8. The SMILES string of the molecule is CCC1(C(=O)NCCc2ncc[nH]2)CCNC1. The van der Waals surface area contributed by atoms with Crippen LogP contribution in [0.5, 0.6) is 0 Å². The van der Waals surface area contributed by atoms with Crippen molar-refractivity contribution < 1.29 is 4.79 Å². The van der Waals surface area contributed by atoms with Crippen molar-refractivity contribution in [1.29, 1.82) is 0 Å². The fraction of sp³-hybridized carbons (Fsp3) is 0.667. The maximum atomic E-state index is 12.1. The number of aromatic nitrogens is 2. The van der Waals surface area contributed by atoms with Crippen molar-refractivity contribution >= 4 is 5.91 Å². The third-order valence-corrected chi connectivity index (χ3v) is 3.60. The van der Waals surface area contributed by atoms with Crippen molar-refractivity contribution in [2.75, 3.05) is 19.6 Å². The van der Waals surface area contributed by atoms with Crippen LogP contribution in [0, 0.1) is 5.41 Å². The van der Waals surface area contributed by atoms with Crippen LogP contribution in [0.2, 0.25) is 0 Å². The van der Waals surface area contributed by atoms with E-state index in [0.29, 0.717) is 6.54 Å². The molecule has 2 rings (SSSR count). The molecule has 17 heavy (non-hydrogen) atoms. The Morgan fingerprint density at radius 1 is 1.65 bits per heavy atom. The fourth-order valence-electron chi connectivity index (χ4n) is 2.32. The molecule has 1 saturated heterocycles. The predicted octanol–water partition coefficient (Wildman–Crippen LogP) is 0.458. The van der Waals surface area contributed by atoms with Crippen LogP contribution in [0.3, 0.4) is 0 Å². The van der Waals surface area contributed by atoms with Crippen LogP contribution in [0.15, 0.2) is 12.4 Å². The summed E-state index contributed by atoms with van der Waals surface area (Å²) in [5.74, 6) is 1.09. The lowest BCUT2D eigenvalue weighted by atomic mass is 9.83. The molecule has 0 saturated carbocycles. The number of carbonyl (C=O) groups excluding carboxylic acids is 1. The van der Waals surface area contributed by atoms with E-state index in [4.69, 9.17) is 0 Å². The highest BCUT2D eigenvalue weighted by Gasteiger charge is 2.38. The topological polar surface area (TPSA) is 69.8 Å². The number of H-pyrrole nitrogens is 1. The summed E-state index contributed by atoms with van der Waals surface area (Å²) in [6, 6.07) is 0. The first-order valence-electron chi connectivity index (χ1n) is 6.24. The summed E-state index contributed by atoms with van der Waals surface area (Å²) < 4.78 is 0. The second-order valence-corrected chi connectivity index (χ2v) is 4.60. The highest BCUT2D eigenvalue weighted by Crippen LogP contribution is 2.29. The highest BCUT2D eigenvalue weighted by molar-refractivity contribution is 5.83. The minimum atomic E-state index is -0.191. The van der Waals surface area contributed by atoms with Gasteiger partial charge in [0.05, 0.1) is 5.41 Å². The number of nitrogens with zero attached hydrogens (tertiary/aromatic N) is 1. The van der Waals surface area contributed by atoms with Gasteiger partial charge in [-0.05, 0) is 19.4 Å². The van der Waals surface area contributed by atoms with Gasteiger partial charge in [0.1, 0.15) is 5.82 Å². The van der Waals surface area contributed by atoms with Gasteiger partial charge in [-0.25, -0.2) is 4.98 Å². The highest BCUT2D eigenvalue weighted by atomic mass is 16.2. The molecule has 0 radical (unpaired) electrons. The van der Waals surface area contributed by atoms with Crippen molar-refractivity contribution in [3.05, 3.63) is 18.2 Å². The van der Waals surface area contributed by atoms with Crippen LogP contribution < -0.4 is 10.6 Å². The van der Waals surface area contributed by atoms with E-state index >= 15 is 0 Å². The lowest BCUT2D eigenvalue weighted by Crippen LogP contribution is -2.42. The van der Waals surface area contributed by atoms with E-state index < -0.39 is 0 Å². The maximum absolute atomic E-state index is 12.1. The molecule has 1 aliphatic heterocycles. The van der Waals surface area contributed by atoms with Gasteiger partial charge in [0.15, 0.2) is 0 Å². The summed E-state index contributed by atoms with van der Waals surface area (Å²) in [6.07, 6.45) is 6.12. The van der Waals surface area contributed by atoms with Crippen LogP contribution in [0.1, 0.15) is 25.6 Å². The molecular formula is C12H20N4O. The van der Waals surface area contributed by atoms with E-state index in [1.54, 1.807) is 12.4 Å². The molecule has 0 aliphatic carbocycles. The summed E-state index contributed by atoms with van der Waals surface area (Å²) >= 11 is 0. The monoisotopic (exact) mass is 236 g/mol. The quantitative estimate of drug-likeness (QED) is 0.695. The largest absolute Gasteiger partial charge is 0.355 e. The Hall–Kier alpha value is -1.36. The number of rotatable bonds is 5. The molecule has 1 amide bonds. The molecule has 0 aromatic carbocycles. The van der Waals surface area contributed by atoms with E-state index in [0.717, 1.165) is 38.2 Å². The number of hydrogen-bond donors (Lipinski definition) is 3. The van der Waals surface area contributed by atoms with Gasteiger partial charge >= 0.3 is 0 Å². The fourth-order valence-corrected chi connectivity index (χ4v) is 2.32. The summed E-state index contributed by atoms with van der Waals surface area (Å²) in [6.45, 7) is 4.47. The first-order valence-corrected chi connectivity index (χ1v) is 6.24. The molecular weight excluding hydrogens is 216 g/mol. The van der Waals surface area contributed by atoms with Gasteiger partial charge < -0.3 is 15.6 Å². The molecule has 1 unspecified atom stereocenters. The van der Waals surface area contributed by atoms with Crippen LogP contribution >= 0.6 is 0 Å². The second kappa shape index (κ2) is 5.31. The minimum Gasteiger partial charge on any atom is -0.355 e. The zero-order valence-electron chi connectivity index (χ0n) is 10.3.